The van der Waals surface area contributed by atoms with E-state index < -0.39 is 17.7 Å². The number of nitrogens with zero attached hydrogens (tertiary/aromatic N) is 6. The topological polar surface area (TPSA) is 78.2 Å². The van der Waals surface area contributed by atoms with Gasteiger partial charge in [0, 0.05) is 57.6 Å². The molecule has 1 N–H and O–H groups in total. The number of benzene rings is 1. The van der Waals surface area contributed by atoms with Crippen LogP contribution in [0.25, 0.3) is 5.65 Å². The summed E-state index contributed by atoms with van der Waals surface area (Å²) in [5.41, 5.74) is 0.691. The zero-order valence-electron chi connectivity index (χ0n) is 19.7. The molecule has 1 amide bonds. The van der Waals surface area contributed by atoms with Gasteiger partial charge in [-0.1, -0.05) is 0 Å². The molecule has 11 heteroatoms. The molecule has 2 saturated heterocycles. The molecule has 2 aliphatic heterocycles. The minimum absolute atomic E-state index is 0.233. The fourth-order valence-electron chi connectivity index (χ4n) is 4.73. The Morgan fingerprint density at radius 1 is 1.17 bits per heavy atom. The van der Waals surface area contributed by atoms with E-state index in [1.807, 2.05) is 4.90 Å². The third-order valence-electron chi connectivity index (χ3n) is 6.68. The summed E-state index contributed by atoms with van der Waals surface area (Å²) >= 11 is 0. The molecule has 1 atom stereocenters. The third kappa shape index (κ3) is 5.20. The number of likely N-dealkylation sites (N-methyl/N-ethyl adjacent to an activating group) is 1. The lowest BCUT2D eigenvalue weighted by Crippen LogP contribution is -2.47. The van der Waals surface area contributed by atoms with E-state index >= 15 is 0 Å². The predicted octanol–water partition coefficient (Wildman–Crippen LogP) is 2.68. The average Bonchev–Trinajstić information content (AvgIpc) is 3.49. The van der Waals surface area contributed by atoms with Gasteiger partial charge in [0.15, 0.2) is 5.75 Å². The molecule has 0 unspecified atom stereocenters. The first kappa shape index (κ1) is 23.4. The Kier molecular flexibility index (Phi) is 6.78. The first-order valence-corrected chi connectivity index (χ1v) is 11.9. The highest BCUT2D eigenvalue weighted by Crippen LogP contribution is 2.37. The standard InChI is InChI=1S/C24H29F2N7O2/c1-30-11-13-31(14-12-30)10-7-27-24(34)35-21-16-28-33-9-6-22(29-23(21)33)32-8-2-3-20(32)18-15-17(25)4-5-19(18)26/h4-6,9,15-16,20H,2-3,7-8,10-14H2,1H3,(H,27,34)/t20-/m1/s1. The van der Waals surface area contributed by atoms with Gasteiger partial charge in [0.25, 0.3) is 0 Å². The number of nitrogens with one attached hydrogen (secondary N) is 1. The first-order valence-electron chi connectivity index (χ1n) is 11.9. The summed E-state index contributed by atoms with van der Waals surface area (Å²) in [4.78, 5) is 23.6. The Labute approximate surface area is 202 Å². The van der Waals surface area contributed by atoms with Gasteiger partial charge in [-0.2, -0.15) is 5.10 Å². The van der Waals surface area contributed by atoms with Gasteiger partial charge >= 0.3 is 6.09 Å². The number of ether oxygens (including phenoxy) is 1. The number of amides is 1. The Morgan fingerprint density at radius 2 is 2.00 bits per heavy atom. The van der Waals surface area contributed by atoms with E-state index in [1.165, 1.54) is 16.8 Å². The van der Waals surface area contributed by atoms with Crippen LogP contribution < -0.4 is 15.0 Å². The van der Waals surface area contributed by atoms with Crippen LogP contribution in [0.1, 0.15) is 24.4 Å². The van der Waals surface area contributed by atoms with Gasteiger partial charge in [0.1, 0.15) is 17.5 Å². The van der Waals surface area contributed by atoms with Crippen LogP contribution in [0.4, 0.5) is 19.4 Å². The molecule has 4 heterocycles. The largest absolute Gasteiger partial charge is 0.412 e. The zero-order chi connectivity index (χ0) is 24.4. The van der Waals surface area contributed by atoms with Gasteiger partial charge in [0.2, 0.25) is 5.65 Å². The van der Waals surface area contributed by atoms with Crippen LogP contribution in [-0.2, 0) is 0 Å². The number of piperazine rings is 1. The number of hydrogen-bond acceptors (Lipinski definition) is 7. The average molecular weight is 486 g/mol. The molecule has 2 fully saturated rings. The number of hydrogen-bond donors (Lipinski definition) is 1. The maximum absolute atomic E-state index is 14.5. The summed E-state index contributed by atoms with van der Waals surface area (Å²) in [6, 6.07) is 4.97. The van der Waals surface area contributed by atoms with E-state index in [0.29, 0.717) is 36.5 Å². The van der Waals surface area contributed by atoms with E-state index in [1.54, 1.807) is 12.3 Å². The van der Waals surface area contributed by atoms with Crippen LogP contribution in [-0.4, -0.2) is 83.4 Å². The summed E-state index contributed by atoms with van der Waals surface area (Å²) in [6.07, 6.45) is 4.10. The minimum Gasteiger partial charge on any atom is -0.405 e. The van der Waals surface area contributed by atoms with Gasteiger partial charge in [0.05, 0.1) is 12.2 Å². The van der Waals surface area contributed by atoms with Crippen molar-refractivity contribution in [3.8, 4) is 5.75 Å². The van der Waals surface area contributed by atoms with Crippen molar-refractivity contribution in [1.82, 2.24) is 29.7 Å². The SMILES string of the molecule is CN1CCN(CCNC(=O)Oc2cnn3ccc(N4CCC[C@@H]4c4cc(F)ccc4F)nc23)CC1. The maximum Gasteiger partial charge on any atom is 0.412 e. The number of aromatic nitrogens is 3. The number of fused-ring (bicyclic) bond motifs is 1. The van der Waals surface area contributed by atoms with Crippen LogP contribution in [0.3, 0.4) is 0 Å². The van der Waals surface area contributed by atoms with Crippen LogP contribution in [0, 0.1) is 11.6 Å². The van der Waals surface area contributed by atoms with Gasteiger partial charge < -0.3 is 19.9 Å². The summed E-state index contributed by atoms with van der Waals surface area (Å²) < 4.78 is 35.3. The second-order valence-electron chi connectivity index (χ2n) is 9.04. The van der Waals surface area contributed by atoms with Crippen molar-refractivity contribution < 1.29 is 18.3 Å². The smallest absolute Gasteiger partial charge is 0.405 e. The predicted molar refractivity (Wildman–Crippen MR) is 127 cm³/mol. The van der Waals surface area contributed by atoms with Crippen molar-refractivity contribution in [1.29, 1.82) is 0 Å². The number of carbonyl (C=O) groups excluding carboxylic acids is 1. The number of halogens is 2. The molecule has 9 nitrogen and oxygen atoms in total. The van der Waals surface area contributed by atoms with Gasteiger partial charge in [-0.25, -0.2) is 23.1 Å². The highest BCUT2D eigenvalue weighted by Gasteiger charge is 2.30. The highest BCUT2D eigenvalue weighted by atomic mass is 19.1. The highest BCUT2D eigenvalue weighted by molar-refractivity contribution is 5.73. The fraction of sp³-hybridized carbons (Fsp3) is 0.458. The third-order valence-corrected chi connectivity index (χ3v) is 6.68. The molecular formula is C24H29F2N7O2. The van der Waals surface area contributed by atoms with Crippen LogP contribution in [0.2, 0.25) is 0 Å². The zero-order valence-corrected chi connectivity index (χ0v) is 19.7. The molecule has 0 radical (unpaired) electrons. The second kappa shape index (κ2) is 10.1. The van der Waals surface area contributed by atoms with Gasteiger partial charge in [-0.3, -0.25) is 4.90 Å². The molecule has 3 aromatic rings. The van der Waals surface area contributed by atoms with Crippen molar-refractivity contribution in [2.24, 2.45) is 0 Å². The molecule has 5 rings (SSSR count). The number of carbonyl (C=O) groups is 1. The van der Waals surface area contributed by atoms with E-state index in [0.717, 1.165) is 51.3 Å². The minimum atomic E-state index is -0.567. The molecule has 1 aromatic carbocycles. The molecule has 2 aromatic heterocycles. The Hall–Kier alpha value is -3.31. The number of anilines is 1. The Morgan fingerprint density at radius 3 is 2.83 bits per heavy atom. The van der Waals surface area contributed by atoms with Crippen molar-refractivity contribution in [3.63, 3.8) is 0 Å². The molecule has 0 spiro atoms. The van der Waals surface area contributed by atoms with Crippen molar-refractivity contribution in [2.75, 3.05) is 57.8 Å². The molecular weight excluding hydrogens is 456 g/mol. The van der Waals surface area contributed by atoms with Crippen molar-refractivity contribution >= 4 is 17.6 Å². The summed E-state index contributed by atoms with van der Waals surface area (Å²) in [5, 5.41) is 7.00. The summed E-state index contributed by atoms with van der Waals surface area (Å²) in [6.45, 7) is 5.88. The van der Waals surface area contributed by atoms with E-state index in [-0.39, 0.29) is 11.8 Å². The second-order valence-corrected chi connectivity index (χ2v) is 9.04. The van der Waals surface area contributed by atoms with Crippen LogP contribution >= 0.6 is 0 Å². The molecule has 0 bridgehead atoms. The Bertz CT molecular complexity index is 1200. The van der Waals surface area contributed by atoms with Crippen LogP contribution in [0.5, 0.6) is 5.75 Å². The molecule has 0 aliphatic carbocycles. The lowest BCUT2D eigenvalue weighted by atomic mass is 10.0. The number of rotatable bonds is 6. The van der Waals surface area contributed by atoms with Gasteiger partial charge in [-0.05, 0) is 44.2 Å². The molecule has 0 saturated carbocycles. The molecule has 186 valence electrons. The van der Waals surface area contributed by atoms with E-state index in [2.05, 4.69) is 32.2 Å². The van der Waals surface area contributed by atoms with Crippen molar-refractivity contribution in [3.05, 3.63) is 53.9 Å². The normalized spacial score (nSPS) is 19.4. The van der Waals surface area contributed by atoms with E-state index in [9.17, 15) is 13.6 Å². The Balaban J connectivity index is 1.26. The lowest BCUT2D eigenvalue weighted by molar-refractivity contribution is 0.152. The van der Waals surface area contributed by atoms with Crippen LogP contribution in [0.15, 0.2) is 36.7 Å². The van der Waals surface area contributed by atoms with E-state index in [4.69, 9.17) is 4.74 Å². The fourth-order valence-corrected chi connectivity index (χ4v) is 4.73. The quantitative estimate of drug-likeness (QED) is 0.575. The summed E-state index contributed by atoms with van der Waals surface area (Å²) in [5.74, 6) is -0.0890. The maximum atomic E-state index is 14.5. The van der Waals surface area contributed by atoms with Gasteiger partial charge in [-0.15, -0.1) is 0 Å². The molecule has 2 aliphatic rings. The summed E-state index contributed by atoms with van der Waals surface area (Å²) in [7, 11) is 2.10. The monoisotopic (exact) mass is 485 g/mol. The first-order chi connectivity index (χ1) is 17.0. The molecule has 35 heavy (non-hydrogen) atoms. The van der Waals surface area contributed by atoms with Crippen molar-refractivity contribution in [2.45, 2.75) is 18.9 Å². The lowest BCUT2D eigenvalue weighted by Gasteiger charge is -2.32.